The van der Waals surface area contributed by atoms with Gasteiger partial charge in [-0.15, -0.1) is 0 Å². The number of hydrogen-bond acceptors (Lipinski definition) is 4. The Morgan fingerprint density at radius 3 is 2.85 bits per heavy atom. The lowest BCUT2D eigenvalue weighted by Gasteiger charge is -2.28. The van der Waals surface area contributed by atoms with Crippen LogP contribution < -0.4 is 15.2 Å². The molecule has 1 aromatic heterocycles. The van der Waals surface area contributed by atoms with Gasteiger partial charge in [-0.2, -0.15) is 0 Å². The van der Waals surface area contributed by atoms with Crippen molar-refractivity contribution >= 4 is 10.8 Å². The Morgan fingerprint density at radius 2 is 2.05 bits per heavy atom. The fourth-order valence-corrected chi connectivity index (χ4v) is 2.76. The van der Waals surface area contributed by atoms with Crippen LogP contribution in [0.3, 0.4) is 0 Å². The fraction of sp³-hybridized carbons (Fsp3) is 0.438. The van der Waals surface area contributed by atoms with E-state index < -0.39 is 0 Å². The first-order valence-corrected chi connectivity index (χ1v) is 7.13. The van der Waals surface area contributed by atoms with Crippen LogP contribution in [0.2, 0.25) is 0 Å². The summed E-state index contributed by atoms with van der Waals surface area (Å²) in [4.78, 5) is 4.38. The van der Waals surface area contributed by atoms with E-state index in [-0.39, 0.29) is 12.1 Å². The number of nitrogens with two attached hydrogens (primary N) is 1. The fourth-order valence-electron chi connectivity index (χ4n) is 2.76. The van der Waals surface area contributed by atoms with Crippen molar-refractivity contribution in [1.82, 2.24) is 4.98 Å². The lowest BCUT2D eigenvalue weighted by atomic mass is 9.93. The molecule has 4 nitrogen and oxygen atoms in total. The summed E-state index contributed by atoms with van der Waals surface area (Å²) in [6, 6.07) is 8.00. The van der Waals surface area contributed by atoms with Gasteiger partial charge in [-0.05, 0) is 42.8 Å². The highest BCUT2D eigenvalue weighted by Gasteiger charge is 2.24. The summed E-state index contributed by atoms with van der Waals surface area (Å²) in [5.41, 5.74) is 6.15. The zero-order chi connectivity index (χ0) is 13.9. The van der Waals surface area contributed by atoms with Gasteiger partial charge in [0.25, 0.3) is 0 Å². The number of methoxy groups -OCH3 is 1. The average Bonchev–Trinajstić information content (AvgIpc) is 2.49. The van der Waals surface area contributed by atoms with E-state index in [0.29, 0.717) is 5.88 Å². The maximum atomic E-state index is 6.15. The third kappa shape index (κ3) is 2.56. The third-order valence-corrected chi connectivity index (χ3v) is 3.95. The molecule has 1 saturated carbocycles. The summed E-state index contributed by atoms with van der Waals surface area (Å²) in [7, 11) is 1.66. The van der Waals surface area contributed by atoms with Gasteiger partial charge < -0.3 is 15.2 Å². The van der Waals surface area contributed by atoms with Crippen molar-refractivity contribution in [3.8, 4) is 11.6 Å². The van der Waals surface area contributed by atoms with E-state index in [1.165, 1.54) is 12.8 Å². The molecule has 1 fully saturated rings. The van der Waals surface area contributed by atoms with Crippen LogP contribution in [0.15, 0.2) is 30.5 Å². The van der Waals surface area contributed by atoms with Gasteiger partial charge >= 0.3 is 0 Å². The first-order valence-electron chi connectivity index (χ1n) is 7.13. The van der Waals surface area contributed by atoms with E-state index in [1.807, 2.05) is 24.3 Å². The van der Waals surface area contributed by atoms with E-state index in [2.05, 4.69) is 4.98 Å². The van der Waals surface area contributed by atoms with Crippen molar-refractivity contribution in [2.75, 3.05) is 7.11 Å². The largest absolute Gasteiger partial charge is 0.497 e. The second kappa shape index (κ2) is 5.67. The summed E-state index contributed by atoms with van der Waals surface area (Å²) in [6.07, 6.45) is 6.23. The highest BCUT2D eigenvalue weighted by atomic mass is 16.5. The number of rotatable bonds is 3. The Morgan fingerprint density at radius 1 is 1.20 bits per heavy atom. The molecule has 0 radical (unpaired) electrons. The molecule has 106 valence electrons. The predicted molar refractivity (Wildman–Crippen MR) is 79.2 cm³/mol. The standard InChI is InChI=1S/C16H20N2O2/c1-19-12-7-6-11-8-9-18-16(13(11)10-12)20-15-5-3-2-4-14(15)17/h6-10,14-15H,2-5,17H2,1H3. The quantitative estimate of drug-likeness (QED) is 0.933. The van der Waals surface area contributed by atoms with Crippen molar-refractivity contribution < 1.29 is 9.47 Å². The SMILES string of the molecule is COc1ccc2ccnc(OC3CCCCC3N)c2c1. The minimum atomic E-state index is 0.0630. The Bertz CT molecular complexity index is 600. The van der Waals surface area contributed by atoms with Crippen LogP contribution in [0, 0.1) is 0 Å². The van der Waals surface area contributed by atoms with Crippen LogP contribution in [-0.4, -0.2) is 24.2 Å². The number of benzene rings is 1. The van der Waals surface area contributed by atoms with Crippen LogP contribution in [0.25, 0.3) is 10.8 Å². The van der Waals surface area contributed by atoms with Crippen LogP contribution in [0.1, 0.15) is 25.7 Å². The van der Waals surface area contributed by atoms with E-state index in [9.17, 15) is 0 Å². The number of hydrogen-bond donors (Lipinski definition) is 1. The molecule has 1 aliphatic rings. The molecular weight excluding hydrogens is 252 g/mol. The maximum Gasteiger partial charge on any atom is 0.221 e. The first-order chi connectivity index (χ1) is 9.78. The lowest BCUT2D eigenvalue weighted by molar-refractivity contribution is 0.129. The predicted octanol–water partition coefficient (Wildman–Crippen LogP) is 2.89. The van der Waals surface area contributed by atoms with Crippen molar-refractivity contribution in [3.63, 3.8) is 0 Å². The highest BCUT2D eigenvalue weighted by molar-refractivity contribution is 5.87. The highest BCUT2D eigenvalue weighted by Crippen LogP contribution is 2.30. The molecule has 0 saturated heterocycles. The Labute approximate surface area is 118 Å². The van der Waals surface area contributed by atoms with Gasteiger partial charge in [0.2, 0.25) is 5.88 Å². The number of nitrogens with zero attached hydrogens (tertiary/aromatic N) is 1. The second-order valence-corrected chi connectivity index (χ2v) is 5.31. The maximum absolute atomic E-state index is 6.15. The molecule has 1 heterocycles. The van der Waals surface area contributed by atoms with Gasteiger partial charge in [0.1, 0.15) is 11.9 Å². The van der Waals surface area contributed by atoms with Gasteiger partial charge in [-0.3, -0.25) is 0 Å². The van der Waals surface area contributed by atoms with Crippen molar-refractivity contribution in [2.24, 2.45) is 5.73 Å². The zero-order valence-corrected chi connectivity index (χ0v) is 11.7. The van der Waals surface area contributed by atoms with Gasteiger partial charge in [-0.25, -0.2) is 4.98 Å². The Balaban J connectivity index is 1.93. The molecule has 3 rings (SSSR count). The van der Waals surface area contributed by atoms with E-state index >= 15 is 0 Å². The Hall–Kier alpha value is -1.81. The molecule has 2 aromatic rings. The van der Waals surface area contributed by atoms with Crippen molar-refractivity contribution in [3.05, 3.63) is 30.5 Å². The van der Waals surface area contributed by atoms with Crippen molar-refractivity contribution in [1.29, 1.82) is 0 Å². The summed E-state index contributed by atoms with van der Waals surface area (Å²) in [5.74, 6) is 1.46. The third-order valence-electron chi connectivity index (χ3n) is 3.95. The topological polar surface area (TPSA) is 57.4 Å². The molecule has 20 heavy (non-hydrogen) atoms. The number of pyridine rings is 1. The van der Waals surface area contributed by atoms with Crippen LogP contribution in [0.5, 0.6) is 11.6 Å². The molecule has 2 atom stereocenters. The summed E-state index contributed by atoms with van der Waals surface area (Å²) in [5, 5.41) is 2.07. The molecule has 0 amide bonds. The molecule has 4 heteroatoms. The molecule has 1 aromatic carbocycles. The van der Waals surface area contributed by atoms with Gasteiger partial charge in [-0.1, -0.05) is 12.5 Å². The number of aromatic nitrogens is 1. The van der Waals surface area contributed by atoms with Gasteiger partial charge in [0.15, 0.2) is 0 Å². The smallest absolute Gasteiger partial charge is 0.221 e. The van der Waals surface area contributed by atoms with E-state index in [4.69, 9.17) is 15.2 Å². The summed E-state index contributed by atoms with van der Waals surface area (Å²) < 4.78 is 11.4. The van der Waals surface area contributed by atoms with E-state index in [1.54, 1.807) is 13.3 Å². The van der Waals surface area contributed by atoms with Crippen LogP contribution in [-0.2, 0) is 0 Å². The second-order valence-electron chi connectivity index (χ2n) is 5.31. The zero-order valence-electron chi connectivity index (χ0n) is 11.7. The molecule has 2 unspecified atom stereocenters. The summed E-state index contributed by atoms with van der Waals surface area (Å²) in [6.45, 7) is 0. The number of ether oxygens (including phenoxy) is 2. The van der Waals surface area contributed by atoms with E-state index in [0.717, 1.165) is 29.4 Å². The van der Waals surface area contributed by atoms with Crippen molar-refractivity contribution in [2.45, 2.75) is 37.8 Å². The number of fused-ring (bicyclic) bond motifs is 1. The van der Waals surface area contributed by atoms with Gasteiger partial charge in [0, 0.05) is 17.6 Å². The molecule has 0 aliphatic heterocycles. The Kier molecular flexibility index (Phi) is 3.74. The minimum Gasteiger partial charge on any atom is -0.497 e. The average molecular weight is 272 g/mol. The molecule has 0 spiro atoms. The molecule has 1 aliphatic carbocycles. The molecule has 0 bridgehead atoms. The first kappa shape index (κ1) is 13.2. The monoisotopic (exact) mass is 272 g/mol. The van der Waals surface area contributed by atoms with Gasteiger partial charge in [0.05, 0.1) is 7.11 Å². The summed E-state index contributed by atoms with van der Waals surface area (Å²) >= 11 is 0. The minimum absolute atomic E-state index is 0.0630. The molecule has 2 N–H and O–H groups in total. The molecular formula is C16H20N2O2. The normalized spacial score (nSPS) is 22.7. The van der Waals surface area contributed by atoms with Crippen LogP contribution in [0.4, 0.5) is 0 Å². The van der Waals surface area contributed by atoms with Crippen LogP contribution >= 0.6 is 0 Å². The lowest BCUT2D eigenvalue weighted by Crippen LogP contribution is -2.41.